The van der Waals surface area contributed by atoms with E-state index in [9.17, 15) is 14.0 Å². The standard InChI is InChI=1S/C23H18F2N6/c24-17-5-2-6-20-21(17)30-23(29-20)16-10-28-9-15(14-4-1-3-13(7-14)8-26)22(16)31-11-18(25)19(27)12-31/h1-7,9-10,18-19H,11-12,27H2,(H,29,30)/t18-,19-/m1/s1. The first-order valence-corrected chi connectivity index (χ1v) is 9.83. The molecule has 0 unspecified atom stereocenters. The average Bonchev–Trinajstić information content (AvgIpc) is 3.37. The Hall–Kier alpha value is -3.83. The molecule has 1 aliphatic heterocycles. The zero-order valence-corrected chi connectivity index (χ0v) is 16.4. The van der Waals surface area contributed by atoms with Gasteiger partial charge < -0.3 is 15.6 Å². The predicted molar refractivity (Wildman–Crippen MR) is 115 cm³/mol. The Morgan fingerprint density at radius 1 is 1.13 bits per heavy atom. The molecule has 2 aromatic carbocycles. The Kier molecular flexibility index (Phi) is 4.60. The summed E-state index contributed by atoms with van der Waals surface area (Å²) in [5.41, 5.74) is 10.0. The smallest absolute Gasteiger partial charge is 0.151 e. The molecule has 154 valence electrons. The molecule has 1 aliphatic rings. The summed E-state index contributed by atoms with van der Waals surface area (Å²) in [6.45, 7) is 0.440. The Bertz CT molecular complexity index is 1320. The molecular formula is C23H18F2N6. The van der Waals surface area contributed by atoms with Gasteiger partial charge in [-0.2, -0.15) is 5.26 Å². The van der Waals surface area contributed by atoms with E-state index < -0.39 is 18.0 Å². The Morgan fingerprint density at radius 2 is 1.94 bits per heavy atom. The molecule has 0 bridgehead atoms. The summed E-state index contributed by atoms with van der Waals surface area (Å²) in [6, 6.07) is 13.3. The van der Waals surface area contributed by atoms with Gasteiger partial charge in [0.1, 0.15) is 17.5 Å². The molecule has 0 saturated carbocycles. The summed E-state index contributed by atoms with van der Waals surface area (Å²) in [5, 5.41) is 9.31. The lowest BCUT2D eigenvalue weighted by Crippen LogP contribution is -2.30. The molecule has 8 heteroatoms. The molecule has 0 spiro atoms. The highest BCUT2D eigenvalue weighted by atomic mass is 19.1. The van der Waals surface area contributed by atoms with Gasteiger partial charge in [0.2, 0.25) is 0 Å². The van der Waals surface area contributed by atoms with Gasteiger partial charge in [-0.3, -0.25) is 4.98 Å². The number of nitriles is 1. The van der Waals surface area contributed by atoms with Crippen molar-refractivity contribution in [1.82, 2.24) is 15.0 Å². The van der Waals surface area contributed by atoms with Crippen molar-refractivity contribution in [3.05, 3.63) is 66.2 Å². The van der Waals surface area contributed by atoms with Gasteiger partial charge in [-0.05, 0) is 29.8 Å². The summed E-state index contributed by atoms with van der Waals surface area (Å²) in [5.74, 6) is -0.00355. The third kappa shape index (κ3) is 3.29. The highest BCUT2D eigenvalue weighted by molar-refractivity contribution is 5.91. The normalized spacial score (nSPS) is 18.5. The van der Waals surface area contributed by atoms with E-state index >= 15 is 0 Å². The molecule has 31 heavy (non-hydrogen) atoms. The minimum Gasteiger partial charge on any atom is -0.366 e. The van der Waals surface area contributed by atoms with Gasteiger partial charge in [-0.1, -0.05) is 18.2 Å². The number of anilines is 1. The number of nitrogens with one attached hydrogen (secondary N) is 1. The second-order valence-corrected chi connectivity index (χ2v) is 7.58. The number of aromatic amines is 1. The number of alkyl halides is 1. The quantitative estimate of drug-likeness (QED) is 0.530. The van der Waals surface area contributed by atoms with Crippen molar-refractivity contribution in [2.75, 3.05) is 18.0 Å². The van der Waals surface area contributed by atoms with E-state index in [0.29, 0.717) is 34.7 Å². The average molecular weight is 416 g/mol. The number of H-pyrrole nitrogens is 1. The molecule has 1 saturated heterocycles. The van der Waals surface area contributed by atoms with Crippen molar-refractivity contribution < 1.29 is 8.78 Å². The SMILES string of the molecule is N#Cc1cccc(-c2cncc(-c3nc4c(F)cccc4[nH]3)c2N2C[C@@H](N)[C@H](F)C2)c1. The molecule has 1 fully saturated rings. The van der Waals surface area contributed by atoms with Crippen LogP contribution in [-0.2, 0) is 0 Å². The maximum absolute atomic E-state index is 14.4. The molecule has 3 heterocycles. The van der Waals surface area contributed by atoms with Crippen LogP contribution in [0.3, 0.4) is 0 Å². The fraction of sp³-hybridized carbons (Fsp3) is 0.174. The van der Waals surface area contributed by atoms with Gasteiger partial charge in [0.25, 0.3) is 0 Å². The van der Waals surface area contributed by atoms with Crippen molar-refractivity contribution in [3.8, 4) is 28.6 Å². The van der Waals surface area contributed by atoms with E-state index in [-0.39, 0.29) is 12.1 Å². The second kappa shape index (κ2) is 7.45. The highest BCUT2D eigenvalue weighted by Gasteiger charge is 2.33. The monoisotopic (exact) mass is 416 g/mol. The Balaban J connectivity index is 1.74. The van der Waals surface area contributed by atoms with E-state index in [4.69, 9.17) is 5.73 Å². The molecule has 2 aromatic heterocycles. The largest absolute Gasteiger partial charge is 0.366 e. The van der Waals surface area contributed by atoms with Crippen LogP contribution in [0.5, 0.6) is 0 Å². The minimum atomic E-state index is -1.17. The van der Waals surface area contributed by atoms with Gasteiger partial charge in [0.05, 0.1) is 41.0 Å². The summed E-state index contributed by atoms with van der Waals surface area (Å²) >= 11 is 0. The fourth-order valence-electron chi connectivity index (χ4n) is 4.03. The van der Waals surface area contributed by atoms with Crippen molar-refractivity contribution in [2.24, 2.45) is 5.73 Å². The van der Waals surface area contributed by atoms with E-state index in [1.807, 2.05) is 11.0 Å². The molecule has 0 aliphatic carbocycles. The van der Waals surface area contributed by atoms with E-state index in [2.05, 4.69) is 21.0 Å². The third-order valence-electron chi connectivity index (χ3n) is 5.55. The van der Waals surface area contributed by atoms with Crippen LogP contribution in [0.15, 0.2) is 54.9 Å². The molecule has 6 nitrogen and oxygen atoms in total. The number of imidazole rings is 1. The van der Waals surface area contributed by atoms with Gasteiger partial charge in [0, 0.05) is 24.5 Å². The molecule has 0 radical (unpaired) electrons. The Labute approximate surface area is 177 Å². The molecule has 0 amide bonds. The summed E-state index contributed by atoms with van der Waals surface area (Å²) in [4.78, 5) is 13.8. The zero-order chi connectivity index (χ0) is 21.5. The van der Waals surface area contributed by atoms with E-state index in [1.54, 1.807) is 42.7 Å². The zero-order valence-electron chi connectivity index (χ0n) is 16.4. The van der Waals surface area contributed by atoms with Crippen LogP contribution in [-0.4, -0.2) is 40.3 Å². The van der Waals surface area contributed by atoms with Crippen molar-refractivity contribution in [3.63, 3.8) is 0 Å². The molecule has 3 N–H and O–H groups in total. The number of para-hydroxylation sites is 1. The number of benzene rings is 2. The van der Waals surface area contributed by atoms with Crippen LogP contribution < -0.4 is 10.6 Å². The second-order valence-electron chi connectivity index (χ2n) is 7.58. The van der Waals surface area contributed by atoms with E-state index in [0.717, 1.165) is 11.1 Å². The van der Waals surface area contributed by atoms with Crippen LogP contribution in [0.1, 0.15) is 5.56 Å². The van der Waals surface area contributed by atoms with Gasteiger partial charge in [-0.15, -0.1) is 0 Å². The van der Waals surface area contributed by atoms with Gasteiger partial charge in [-0.25, -0.2) is 13.8 Å². The number of rotatable bonds is 3. The maximum Gasteiger partial charge on any atom is 0.151 e. The van der Waals surface area contributed by atoms with Crippen molar-refractivity contribution >= 4 is 16.7 Å². The number of aromatic nitrogens is 3. The first kappa shape index (κ1) is 19.2. The van der Waals surface area contributed by atoms with Crippen LogP contribution >= 0.6 is 0 Å². The third-order valence-corrected chi connectivity index (χ3v) is 5.55. The predicted octanol–water partition coefficient (Wildman–Crippen LogP) is 3.79. The number of fused-ring (bicyclic) bond motifs is 1. The minimum absolute atomic E-state index is 0.123. The number of pyridine rings is 1. The highest BCUT2D eigenvalue weighted by Crippen LogP contribution is 2.40. The lowest BCUT2D eigenvalue weighted by molar-refractivity contribution is 0.333. The summed E-state index contributed by atoms with van der Waals surface area (Å²) in [7, 11) is 0. The van der Waals surface area contributed by atoms with Gasteiger partial charge >= 0.3 is 0 Å². The summed E-state index contributed by atoms with van der Waals surface area (Å²) in [6.07, 6.45) is 2.13. The summed E-state index contributed by atoms with van der Waals surface area (Å²) < 4.78 is 28.6. The Morgan fingerprint density at radius 3 is 2.68 bits per heavy atom. The lowest BCUT2D eigenvalue weighted by atomic mass is 10.00. The van der Waals surface area contributed by atoms with Crippen LogP contribution in [0.4, 0.5) is 14.5 Å². The van der Waals surface area contributed by atoms with Crippen molar-refractivity contribution in [1.29, 1.82) is 5.26 Å². The van der Waals surface area contributed by atoms with E-state index in [1.165, 1.54) is 6.07 Å². The van der Waals surface area contributed by atoms with Crippen LogP contribution in [0, 0.1) is 17.1 Å². The van der Waals surface area contributed by atoms with Gasteiger partial charge in [0.15, 0.2) is 5.82 Å². The number of hydrogen-bond acceptors (Lipinski definition) is 5. The van der Waals surface area contributed by atoms with Crippen LogP contribution in [0.2, 0.25) is 0 Å². The number of nitrogens with zero attached hydrogens (tertiary/aromatic N) is 4. The first-order valence-electron chi connectivity index (χ1n) is 9.83. The molecule has 2 atom stereocenters. The first-order chi connectivity index (χ1) is 15.0. The maximum atomic E-state index is 14.4. The van der Waals surface area contributed by atoms with Crippen molar-refractivity contribution in [2.45, 2.75) is 12.2 Å². The number of nitrogens with two attached hydrogens (primary N) is 1. The fourth-order valence-corrected chi connectivity index (χ4v) is 4.03. The lowest BCUT2D eigenvalue weighted by Gasteiger charge is -2.24. The number of halogens is 2. The van der Waals surface area contributed by atoms with Crippen LogP contribution in [0.25, 0.3) is 33.5 Å². The molecule has 5 rings (SSSR count). The topological polar surface area (TPSA) is 94.6 Å². The number of hydrogen-bond donors (Lipinski definition) is 2. The molecule has 4 aromatic rings. The molecular weight excluding hydrogens is 398 g/mol.